The van der Waals surface area contributed by atoms with Crippen LogP contribution >= 0.6 is 11.8 Å². The highest BCUT2D eigenvalue weighted by molar-refractivity contribution is 7.99. The Kier molecular flexibility index (Phi) is 6.76. The van der Waals surface area contributed by atoms with E-state index in [0.29, 0.717) is 35.0 Å². The predicted molar refractivity (Wildman–Crippen MR) is 124 cm³/mol. The Morgan fingerprint density at radius 2 is 1.75 bits per heavy atom. The van der Waals surface area contributed by atoms with Crippen LogP contribution in [0.25, 0.3) is 5.65 Å². The van der Waals surface area contributed by atoms with Crippen LogP contribution in [0.5, 0.6) is 0 Å². The Morgan fingerprint density at radius 3 is 2.56 bits per heavy atom. The first-order valence-electron chi connectivity index (χ1n) is 10.1. The van der Waals surface area contributed by atoms with Crippen molar-refractivity contribution in [3.63, 3.8) is 0 Å². The zero-order valence-corrected chi connectivity index (χ0v) is 18.3. The lowest BCUT2D eigenvalue weighted by molar-refractivity contribution is -0.113. The highest BCUT2D eigenvalue weighted by Gasteiger charge is 2.11. The first kappa shape index (κ1) is 21.5. The molecule has 2 amide bonds. The summed E-state index contributed by atoms with van der Waals surface area (Å²) in [6, 6.07) is 20.3. The van der Waals surface area contributed by atoms with E-state index in [-0.39, 0.29) is 17.6 Å². The maximum Gasteiger partial charge on any atom is 0.251 e. The molecular formula is C23H22N6O2S. The second kappa shape index (κ2) is 10.1. The van der Waals surface area contributed by atoms with Crippen LogP contribution in [0.3, 0.4) is 0 Å². The number of fused-ring (bicyclic) bond motifs is 1. The summed E-state index contributed by atoms with van der Waals surface area (Å²) >= 11 is 1.34. The fraction of sp³-hybridized carbons (Fsp3) is 0.174. The van der Waals surface area contributed by atoms with E-state index < -0.39 is 0 Å². The van der Waals surface area contributed by atoms with E-state index in [1.165, 1.54) is 11.8 Å². The second-order valence-electron chi connectivity index (χ2n) is 7.08. The predicted octanol–water partition coefficient (Wildman–Crippen LogP) is 3.14. The minimum absolute atomic E-state index is 0.0983. The summed E-state index contributed by atoms with van der Waals surface area (Å²) in [5, 5.41) is 19.3. The SMILES string of the molecule is Cc1ccccc1NC(=O)CSc1ccc2nnc(CCNC(=O)c3ccccc3)n2n1. The van der Waals surface area contributed by atoms with Gasteiger partial charge in [0.2, 0.25) is 5.91 Å². The Hall–Kier alpha value is -3.72. The molecule has 0 fully saturated rings. The fourth-order valence-electron chi connectivity index (χ4n) is 3.07. The van der Waals surface area contributed by atoms with Crippen molar-refractivity contribution >= 4 is 34.9 Å². The van der Waals surface area contributed by atoms with Crippen LogP contribution < -0.4 is 10.6 Å². The van der Waals surface area contributed by atoms with E-state index in [2.05, 4.69) is 25.9 Å². The van der Waals surface area contributed by atoms with E-state index >= 15 is 0 Å². The zero-order valence-electron chi connectivity index (χ0n) is 17.5. The van der Waals surface area contributed by atoms with Crippen molar-refractivity contribution in [2.24, 2.45) is 0 Å². The lowest BCUT2D eigenvalue weighted by atomic mass is 10.2. The third-order valence-electron chi connectivity index (χ3n) is 4.74. The maximum absolute atomic E-state index is 12.3. The number of benzene rings is 2. The molecule has 0 aliphatic rings. The third-order valence-corrected chi connectivity index (χ3v) is 5.66. The van der Waals surface area contributed by atoms with Crippen molar-refractivity contribution < 1.29 is 9.59 Å². The lowest BCUT2D eigenvalue weighted by Gasteiger charge is -2.08. The molecule has 0 atom stereocenters. The number of amides is 2. The van der Waals surface area contributed by atoms with Gasteiger partial charge in [-0.25, -0.2) is 0 Å². The highest BCUT2D eigenvalue weighted by atomic mass is 32.2. The molecule has 0 saturated heterocycles. The number of rotatable bonds is 8. The van der Waals surface area contributed by atoms with Crippen molar-refractivity contribution in [3.05, 3.63) is 83.7 Å². The van der Waals surface area contributed by atoms with E-state index in [1.54, 1.807) is 16.6 Å². The highest BCUT2D eigenvalue weighted by Crippen LogP contribution is 2.18. The molecule has 4 rings (SSSR count). The Morgan fingerprint density at radius 1 is 0.969 bits per heavy atom. The number of carbonyl (C=O) groups excluding carboxylic acids is 2. The van der Waals surface area contributed by atoms with Gasteiger partial charge in [0.15, 0.2) is 11.5 Å². The summed E-state index contributed by atoms with van der Waals surface area (Å²) in [6.45, 7) is 2.36. The number of aromatic nitrogens is 4. The van der Waals surface area contributed by atoms with Crippen LogP contribution in [0.4, 0.5) is 5.69 Å². The number of aryl methyl sites for hydroxylation is 1. The van der Waals surface area contributed by atoms with Gasteiger partial charge in [-0.1, -0.05) is 48.2 Å². The Bertz CT molecular complexity index is 1240. The summed E-state index contributed by atoms with van der Waals surface area (Å²) in [6.07, 6.45) is 0.481. The number of thioether (sulfide) groups is 1. The van der Waals surface area contributed by atoms with Gasteiger partial charge in [-0.15, -0.1) is 10.2 Å². The fourth-order valence-corrected chi connectivity index (χ4v) is 3.72. The molecule has 0 spiro atoms. The lowest BCUT2D eigenvalue weighted by Crippen LogP contribution is -2.26. The molecule has 0 aliphatic carbocycles. The summed E-state index contributed by atoms with van der Waals surface area (Å²) in [7, 11) is 0. The van der Waals surface area contributed by atoms with Gasteiger partial charge in [-0.2, -0.15) is 9.61 Å². The van der Waals surface area contributed by atoms with Gasteiger partial charge in [-0.3, -0.25) is 9.59 Å². The molecule has 0 aliphatic heterocycles. The smallest absolute Gasteiger partial charge is 0.251 e. The van der Waals surface area contributed by atoms with Crippen molar-refractivity contribution in [2.45, 2.75) is 18.4 Å². The summed E-state index contributed by atoms with van der Waals surface area (Å²) in [5.74, 6) is 0.638. The van der Waals surface area contributed by atoms with E-state index in [4.69, 9.17) is 0 Å². The maximum atomic E-state index is 12.3. The molecule has 2 heterocycles. The second-order valence-corrected chi connectivity index (χ2v) is 8.08. The number of hydrogen-bond acceptors (Lipinski definition) is 6. The summed E-state index contributed by atoms with van der Waals surface area (Å²) in [5.41, 5.74) is 3.04. The molecule has 162 valence electrons. The van der Waals surface area contributed by atoms with Crippen LogP contribution in [0.15, 0.2) is 71.8 Å². The van der Waals surface area contributed by atoms with Gasteiger partial charge in [-0.05, 0) is 42.8 Å². The largest absolute Gasteiger partial charge is 0.352 e. The van der Waals surface area contributed by atoms with Gasteiger partial charge in [0.05, 0.1) is 5.75 Å². The van der Waals surface area contributed by atoms with E-state index in [9.17, 15) is 9.59 Å². The summed E-state index contributed by atoms with van der Waals surface area (Å²) in [4.78, 5) is 24.5. The number of hydrogen-bond donors (Lipinski definition) is 2. The molecule has 0 bridgehead atoms. The average molecular weight is 447 g/mol. The molecule has 8 nitrogen and oxygen atoms in total. The van der Waals surface area contributed by atoms with E-state index in [1.807, 2.05) is 61.5 Å². The molecule has 0 radical (unpaired) electrons. The quantitative estimate of drug-likeness (QED) is 0.403. The molecule has 0 saturated carbocycles. The number of nitrogens with zero attached hydrogens (tertiary/aromatic N) is 4. The van der Waals surface area contributed by atoms with Crippen LogP contribution in [0, 0.1) is 6.92 Å². The number of para-hydroxylation sites is 1. The molecule has 32 heavy (non-hydrogen) atoms. The normalized spacial score (nSPS) is 10.8. The van der Waals surface area contributed by atoms with Crippen LogP contribution in [-0.4, -0.2) is 43.9 Å². The summed E-state index contributed by atoms with van der Waals surface area (Å²) < 4.78 is 1.65. The van der Waals surface area contributed by atoms with Crippen LogP contribution in [0.2, 0.25) is 0 Å². The van der Waals surface area contributed by atoms with Gasteiger partial charge < -0.3 is 10.6 Å². The van der Waals surface area contributed by atoms with Gasteiger partial charge >= 0.3 is 0 Å². The molecule has 4 aromatic rings. The first-order valence-corrected chi connectivity index (χ1v) is 11.1. The monoisotopic (exact) mass is 446 g/mol. The van der Waals surface area contributed by atoms with Crippen molar-refractivity contribution in [2.75, 3.05) is 17.6 Å². The minimum Gasteiger partial charge on any atom is -0.352 e. The first-order chi connectivity index (χ1) is 15.6. The number of nitrogens with one attached hydrogen (secondary N) is 2. The molecule has 2 aromatic carbocycles. The molecule has 2 aromatic heterocycles. The molecular weight excluding hydrogens is 424 g/mol. The topological polar surface area (TPSA) is 101 Å². The van der Waals surface area contributed by atoms with Crippen LogP contribution in [0.1, 0.15) is 21.7 Å². The van der Waals surface area contributed by atoms with Gasteiger partial charge in [0, 0.05) is 24.2 Å². The number of anilines is 1. The molecule has 9 heteroatoms. The van der Waals surface area contributed by atoms with E-state index in [0.717, 1.165) is 11.3 Å². The molecule has 2 N–H and O–H groups in total. The molecule has 0 unspecified atom stereocenters. The Labute approximate surface area is 189 Å². The standard InChI is InChI=1S/C23H22N6O2S/c1-16-7-5-6-10-18(16)25-21(30)15-32-22-12-11-19-26-27-20(29(19)28-22)13-14-24-23(31)17-8-3-2-4-9-17/h2-12H,13-15H2,1H3,(H,24,31)(H,25,30). The third kappa shape index (κ3) is 5.30. The van der Waals surface area contributed by atoms with Crippen molar-refractivity contribution in [1.82, 2.24) is 25.1 Å². The zero-order chi connectivity index (χ0) is 22.3. The Balaban J connectivity index is 1.34. The number of carbonyl (C=O) groups is 2. The van der Waals surface area contributed by atoms with Gasteiger partial charge in [0.1, 0.15) is 5.03 Å². The van der Waals surface area contributed by atoms with Crippen molar-refractivity contribution in [1.29, 1.82) is 0 Å². The van der Waals surface area contributed by atoms with Crippen LogP contribution in [-0.2, 0) is 11.2 Å². The van der Waals surface area contributed by atoms with Crippen molar-refractivity contribution in [3.8, 4) is 0 Å². The average Bonchev–Trinajstić information content (AvgIpc) is 3.22. The minimum atomic E-state index is -0.136. The van der Waals surface area contributed by atoms with Gasteiger partial charge in [0.25, 0.3) is 5.91 Å².